The summed E-state index contributed by atoms with van der Waals surface area (Å²) < 4.78 is 1.53. The lowest BCUT2D eigenvalue weighted by atomic mass is 10.1. The van der Waals surface area contributed by atoms with Crippen LogP contribution in [0, 0.1) is 0 Å². The normalized spacial score (nSPS) is 10.2. The molecule has 1 heterocycles. The maximum atomic E-state index is 10.6. The standard InChI is InChI=1S/C11H10N2O2/c1-13-10(7-9(12-13)11(14)15)8-5-3-2-4-6-8/h2-7H,1H3,(H,14,15)/p-1. The Morgan fingerprint density at radius 1 is 1.33 bits per heavy atom. The van der Waals surface area contributed by atoms with Crippen molar-refractivity contribution in [3.63, 3.8) is 0 Å². The number of carboxylic acids is 1. The average molecular weight is 201 g/mol. The van der Waals surface area contributed by atoms with E-state index in [1.807, 2.05) is 30.3 Å². The molecule has 0 aliphatic carbocycles. The summed E-state index contributed by atoms with van der Waals surface area (Å²) in [6.45, 7) is 0. The lowest BCUT2D eigenvalue weighted by molar-refractivity contribution is -0.255. The lowest BCUT2D eigenvalue weighted by Gasteiger charge is -1.99. The Balaban J connectivity index is 2.50. The van der Waals surface area contributed by atoms with Gasteiger partial charge in [0.1, 0.15) is 5.69 Å². The smallest absolute Gasteiger partial charge is 0.108 e. The van der Waals surface area contributed by atoms with E-state index in [2.05, 4.69) is 5.10 Å². The van der Waals surface area contributed by atoms with Crippen molar-refractivity contribution in [1.29, 1.82) is 0 Å². The van der Waals surface area contributed by atoms with Crippen LogP contribution in [0.1, 0.15) is 10.5 Å². The van der Waals surface area contributed by atoms with Gasteiger partial charge in [-0.05, 0) is 11.6 Å². The maximum absolute atomic E-state index is 10.6. The molecule has 0 saturated carbocycles. The average Bonchev–Trinajstić information content (AvgIpc) is 2.62. The van der Waals surface area contributed by atoms with Gasteiger partial charge in [0, 0.05) is 7.05 Å². The third-order valence-corrected chi connectivity index (χ3v) is 2.16. The van der Waals surface area contributed by atoms with Crippen molar-refractivity contribution < 1.29 is 9.90 Å². The molecule has 15 heavy (non-hydrogen) atoms. The van der Waals surface area contributed by atoms with Gasteiger partial charge in [0.15, 0.2) is 0 Å². The molecule has 0 saturated heterocycles. The molecule has 0 aliphatic rings. The topological polar surface area (TPSA) is 58.0 Å². The van der Waals surface area contributed by atoms with Gasteiger partial charge < -0.3 is 9.90 Å². The SMILES string of the molecule is Cn1nc(C(=O)[O-])cc1-c1ccccc1. The second-order valence-corrected chi connectivity index (χ2v) is 3.19. The van der Waals surface area contributed by atoms with Crippen LogP contribution in [0.3, 0.4) is 0 Å². The third-order valence-electron chi connectivity index (χ3n) is 2.16. The minimum absolute atomic E-state index is 0.0450. The molecule has 1 aromatic carbocycles. The van der Waals surface area contributed by atoms with Gasteiger partial charge >= 0.3 is 0 Å². The maximum Gasteiger partial charge on any atom is 0.108 e. The van der Waals surface area contributed by atoms with Crippen LogP contribution in [-0.4, -0.2) is 15.7 Å². The van der Waals surface area contributed by atoms with Crippen LogP contribution < -0.4 is 5.11 Å². The van der Waals surface area contributed by atoms with E-state index < -0.39 is 5.97 Å². The first kappa shape index (κ1) is 9.45. The lowest BCUT2D eigenvalue weighted by Crippen LogP contribution is -2.22. The molecule has 0 spiro atoms. The van der Waals surface area contributed by atoms with Gasteiger partial charge in [-0.25, -0.2) is 0 Å². The van der Waals surface area contributed by atoms with Crippen LogP contribution in [-0.2, 0) is 7.05 Å². The van der Waals surface area contributed by atoms with Crippen LogP contribution in [0.25, 0.3) is 11.3 Å². The number of rotatable bonds is 2. The van der Waals surface area contributed by atoms with Crippen molar-refractivity contribution in [3.05, 3.63) is 42.1 Å². The highest BCUT2D eigenvalue weighted by atomic mass is 16.4. The van der Waals surface area contributed by atoms with Crippen LogP contribution >= 0.6 is 0 Å². The molecule has 0 bridgehead atoms. The number of hydrogen-bond donors (Lipinski definition) is 0. The quantitative estimate of drug-likeness (QED) is 0.708. The first-order valence-corrected chi connectivity index (χ1v) is 4.49. The Bertz CT molecular complexity index is 489. The number of hydrogen-bond acceptors (Lipinski definition) is 3. The highest BCUT2D eigenvalue weighted by molar-refractivity contribution is 5.85. The van der Waals surface area contributed by atoms with Crippen molar-refractivity contribution in [3.8, 4) is 11.3 Å². The summed E-state index contributed by atoms with van der Waals surface area (Å²) in [5, 5.41) is 14.5. The van der Waals surface area contributed by atoms with Crippen LogP contribution in [0.15, 0.2) is 36.4 Å². The minimum atomic E-state index is -1.26. The Morgan fingerprint density at radius 2 is 2.00 bits per heavy atom. The number of carbonyl (C=O) groups excluding carboxylic acids is 1. The van der Waals surface area contributed by atoms with Crippen molar-refractivity contribution in [2.45, 2.75) is 0 Å². The van der Waals surface area contributed by atoms with Gasteiger partial charge in [0.25, 0.3) is 0 Å². The summed E-state index contributed by atoms with van der Waals surface area (Å²) in [6.07, 6.45) is 0. The summed E-state index contributed by atoms with van der Waals surface area (Å²) >= 11 is 0. The zero-order chi connectivity index (χ0) is 10.8. The predicted molar refractivity (Wildman–Crippen MR) is 53.0 cm³/mol. The van der Waals surface area contributed by atoms with E-state index in [4.69, 9.17) is 0 Å². The molecule has 0 radical (unpaired) electrons. The first-order valence-electron chi connectivity index (χ1n) is 4.49. The van der Waals surface area contributed by atoms with E-state index in [1.165, 1.54) is 10.7 Å². The number of aromatic nitrogens is 2. The van der Waals surface area contributed by atoms with E-state index >= 15 is 0 Å². The molecule has 0 atom stereocenters. The van der Waals surface area contributed by atoms with Gasteiger partial charge in [0.2, 0.25) is 0 Å². The van der Waals surface area contributed by atoms with Gasteiger partial charge in [-0.3, -0.25) is 4.68 Å². The molecule has 4 nitrogen and oxygen atoms in total. The molecule has 2 rings (SSSR count). The number of aromatic carboxylic acids is 1. The molecular formula is C11H9N2O2-. The first-order chi connectivity index (χ1) is 7.18. The number of benzene rings is 1. The fraction of sp³-hybridized carbons (Fsp3) is 0.0909. The Kier molecular flexibility index (Phi) is 2.25. The Labute approximate surface area is 86.8 Å². The minimum Gasteiger partial charge on any atom is -0.543 e. The van der Waals surface area contributed by atoms with Crippen molar-refractivity contribution in [1.82, 2.24) is 9.78 Å². The fourth-order valence-electron chi connectivity index (χ4n) is 1.45. The second-order valence-electron chi connectivity index (χ2n) is 3.19. The molecule has 0 unspecified atom stereocenters. The van der Waals surface area contributed by atoms with E-state index in [0.29, 0.717) is 0 Å². The molecule has 0 amide bonds. The largest absolute Gasteiger partial charge is 0.543 e. The van der Waals surface area contributed by atoms with E-state index in [-0.39, 0.29) is 5.69 Å². The van der Waals surface area contributed by atoms with Gasteiger partial charge in [0.05, 0.1) is 11.7 Å². The molecule has 0 aliphatic heterocycles. The molecule has 76 valence electrons. The molecular weight excluding hydrogens is 192 g/mol. The molecule has 4 heteroatoms. The zero-order valence-corrected chi connectivity index (χ0v) is 8.18. The third kappa shape index (κ3) is 1.74. The Morgan fingerprint density at radius 3 is 2.53 bits per heavy atom. The summed E-state index contributed by atoms with van der Waals surface area (Å²) in [7, 11) is 1.70. The van der Waals surface area contributed by atoms with Crippen molar-refractivity contribution in [2.75, 3.05) is 0 Å². The summed E-state index contributed by atoms with van der Waals surface area (Å²) in [4.78, 5) is 10.6. The van der Waals surface area contributed by atoms with Crippen LogP contribution in [0.2, 0.25) is 0 Å². The van der Waals surface area contributed by atoms with Gasteiger partial charge in [-0.15, -0.1) is 0 Å². The summed E-state index contributed by atoms with van der Waals surface area (Å²) in [5.74, 6) is -1.26. The van der Waals surface area contributed by atoms with E-state index in [1.54, 1.807) is 7.05 Å². The summed E-state index contributed by atoms with van der Waals surface area (Å²) in [6, 6.07) is 11.0. The Hall–Kier alpha value is -2.10. The number of carbonyl (C=O) groups is 1. The summed E-state index contributed by atoms with van der Waals surface area (Å²) in [5.41, 5.74) is 1.64. The number of aryl methyl sites for hydroxylation is 1. The second kappa shape index (κ2) is 3.57. The van der Waals surface area contributed by atoms with Crippen LogP contribution in [0.4, 0.5) is 0 Å². The highest BCUT2D eigenvalue weighted by Crippen LogP contribution is 2.18. The number of nitrogens with zero attached hydrogens (tertiary/aromatic N) is 2. The molecule has 1 aromatic heterocycles. The molecule has 0 fully saturated rings. The number of carboxylic acid groups (broad SMARTS) is 1. The van der Waals surface area contributed by atoms with E-state index in [9.17, 15) is 9.90 Å². The molecule has 0 N–H and O–H groups in total. The van der Waals surface area contributed by atoms with Gasteiger partial charge in [-0.2, -0.15) is 5.10 Å². The predicted octanol–water partition coefficient (Wildman–Crippen LogP) is 0.451. The fourth-order valence-corrected chi connectivity index (χ4v) is 1.45. The van der Waals surface area contributed by atoms with Crippen molar-refractivity contribution >= 4 is 5.97 Å². The molecule has 2 aromatic rings. The zero-order valence-electron chi connectivity index (χ0n) is 8.18. The van der Waals surface area contributed by atoms with Crippen molar-refractivity contribution in [2.24, 2.45) is 7.05 Å². The monoisotopic (exact) mass is 201 g/mol. The van der Waals surface area contributed by atoms with Gasteiger partial charge in [-0.1, -0.05) is 30.3 Å². The van der Waals surface area contributed by atoms with Crippen LogP contribution in [0.5, 0.6) is 0 Å². The highest BCUT2D eigenvalue weighted by Gasteiger charge is 2.06. The van der Waals surface area contributed by atoms with E-state index in [0.717, 1.165) is 11.3 Å².